The number of amides is 1. The van der Waals surface area contributed by atoms with Gasteiger partial charge >= 0.3 is 0 Å². The number of nitrogens with zero attached hydrogens (tertiary/aromatic N) is 2. The molecule has 0 aliphatic rings. The van der Waals surface area contributed by atoms with Gasteiger partial charge in [-0.1, -0.05) is 60.6 Å². The number of anilines is 1. The Morgan fingerprint density at radius 1 is 1.19 bits per heavy atom. The van der Waals surface area contributed by atoms with Gasteiger partial charge in [0.2, 0.25) is 5.91 Å². The predicted molar refractivity (Wildman–Crippen MR) is 116 cm³/mol. The summed E-state index contributed by atoms with van der Waals surface area (Å²) >= 11 is 9.76. The summed E-state index contributed by atoms with van der Waals surface area (Å²) < 4.78 is 6.90. The summed E-state index contributed by atoms with van der Waals surface area (Å²) in [6, 6.07) is 11.9. The van der Waals surface area contributed by atoms with Crippen LogP contribution < -0.4 is 5.32 Å². The molecular weight excluding hydrogens is 498 g/mol. The molecule has 26 heavy (non-hydrogen) atoms. The molecule has 1 amide bonds. The largest absolute Gasteiger partial charge is 0.325 e. The van der Waals surface area contributed by atoms with Crippen LogP contribution in [0, 0.1) is 13.8 Å². The molecule has 134 valence electrons. The van der Waals surface area contributed by atoms with E-state index in [0.717, 1.165) is 41.2 Å². The first kappa shape index (κ1) is 19.5. The number of rotatable bonds is 5. The lowest BCUT2D eigenvalue weighted by Crippen LogP contribution is -2.15. The van der Waals surface area contributed by atoms with Crippen molar-refractivity contribution in [1.29, 1.82) is 0 Å². The maximum Gasteiger partial charge on any atom is 0.234 e. The number of halogens is 2. The van der Waals surface area contributed by atoms with Crippen molar-refractivity contribution < 1.29 is 4.79 Å². The van der Waals surface area contributed by atoms with Crippen molar-refractivity contribution in [1.82, 2.24) is 9.59 Å². The number of hydrogen-bond acceptors (Lipinski definition) is 5. The molecule has 1 heterocycles. The first-order chi connectivity index (χ1) is 12.5. The van der Waals surface area contributed by atoms with Crippen LogP contribution in [0.3, 0.4) is 0 Å². The summed E-state index contributed by atoms with van der Waals surface area (Å²) in [5.74, 6) is 0.264. The van der Waals surface area contributed by atoms with E-state index in [1.807, 2.05) is 50.2 Å². The van der Waals surface area contributed by atoms with Crippen LogP contribution in [0.2, 0.25) is 0 Å². The molecule has 0 unspecified atom stereocenters. The minimum Gasteiger partial charge on any atom is -0.325 e. The number of para-hydroxylation sites is 1. The number of thioether (sulfide) groups is 1. The molecule has 0 aliphatic heterocycles. The van der Waals surface area contributed by atoms with E-state index in [2.05, 4.69) is 46.8 Å². The maximum atomic E-state index is 12.4. The summed E-state index contributed by atoms with van der Waals surface area (Å²) in [6.07, 6.45) is 0. The smallest absolute Gasteiger partial charge is 0.234 e. The van der Waals surface area contributed by atoms with Crippen molar-refractivity contribution in [2.45, 2.75) is 18.1 Å². The topological polar surface area (TPSA) is 54.9 Å². The minimum atomic E-state index is -0.0402. The van der Waals surface area contributed by atoms with Gasteiger partial charge in [0.1, 0.15) is 9.90 Å². The Bertz CT molecular complexity index is 939. The molecule has 1 N–H and O–H groups in total. The van der Waals surface area contributed by atoms with E-state index in [-0.39, 0.29) is 5.91 Å². The van der Waals surface area contributed by atoms with Crippen molar-refractivity contribution in [3.8, 4) is 11.3 Å². The van der Waals surface area contributed by atoms with Gasteiger partial charge in [-0.25, -0.2) is 0 Å². The standard InChI is InChI=1S/C18H15Br2N3OS2/c1-10-4-3-5-11(2)16(10)21-15(24)9-25-18-17(22-23-26-18)13-7-6-12(19)8-14(13)20/h3-8H,9H2,1-2H3,(H,21,24). The third kappa shape index (κ3) is 4.54. The van der Waals surface area contributed by atoms with E-state index in [0.29, 0.717) is 5.75 Å². The van der Waals surface area contributed by atoms with Gasteiger partial charge in [0.05, 0.1) is 5.75 Å². The van der Waals surface area contributed by atoms with Crippen LogP contribution in [0.25, 0.3) is 11.3 Å². The van der Waals surface area contributed by atoms with Gasteiger partial charge in [-0.2, -0.15) is 0 Å². The third-order valence-corrected chi connectivity index (χ3v) is 6.84. The highest BCUT2D eigenvalue weighted by atomic mass is 79.9. The van der Waals surface area contributed by atoms with E-state index in [1.54, 1.807) is 0 Å². The number of carbonyl (C=O) groups excluding carboxylic acids is 1. The molecule has 0 atom stereocenters. The number of benzene rings is 2. The van der Waals surface area contributed by atoms with Crippen molar-refractivity contribution in [2.75, 3.05) is 11.1 Å². The first-order valence-corrected chi connectivity index (χ1v) is 11.1. The Morgan fingerprint density at radius 3 is 2.62 bits per heavy atom. The van der Waals surface area contributed by atoms with Gasteiger partial charge in [0.25, 0.3) is 0 Å². The van der Waals surface area contributed by atoms with Crippen molar-refractivity contribution in [2.24, 2.45) is 0 Å². The number of aromatic nitrogens is 2. The highest BCUT2D eigenvalue weighted by Gasteiger charge is 2.16. The zero-order valence-corrected chi connectivity index (χ0v) is 18.9. The molecule has 8 heteroatoms. The summed E-state index contributed by atoms with van der Waals surface area (Å²) in [5.41, 5.74) is 4.75. The molecule has 0 radical (unpaired) electrons. The molecule has 0 aliphatic carbocycles. The van der Waals surface area contributed by atoms with Gasteiger partial charge in [0, 0.05) is 20.2 Å². The molecule has 4 nitrogen and oxygen atoms in total. The molecule has 0 spiro atoms. The van der Waals surface area contributed by atoms with Crippen molar-refractivity contribution in [3.05, 3.63) is 56.5 Å². The Labute approximate surface area is 177 Å². The zero-order valence-electron chi connectivity index (χ0n) is 14.0. The predicted octanol–water partition coefficient (Wildman–Crippen LogP) is 6.08. The van der Waals surface area contributed by atoms with Gasteiger partial charge in [0.15, 0.2) is 0 Å². The second kappa shape index (κ2) is 8.65. The van der Waals surface area contributed by atoms with Crippen LogP contribution in [0.5, 0.6) is 0 Å². The van der Waals surface area contributed by atoms with Crippen molar-refractivity contribution >= 4 is 66.7 Å². The average molecular weight is 513 g/mol. The van der Waals surface area contributed by atoms with Crippen molar-refractivity contribution in [3.63, 3.8) is 0 Å². The molecular formula is C18H15Br2N3OS2. The molecule has 0 saturated carbocycles. The first-order valence-electron chi connectivity index (χ1n) is 7.72. The maximum absolute atomic E-state index is 12.4. The summed E-state index contributed by atoms with van der Waals surface area (Å²) in [7, 11) is 0. The second-order valence-corrected chi connectivity index (χ2v) is 9.40. The molecule has 0 fully saturated rings. The number of aryl methyl sites for hydroxylation is 2. The van der Waals surface area contributed by atoms with E-state index < -0.39 is 0 Å². The fourth-order valence-electron chi connectivity index (χ4n) is 2.44. The summed E-state index contributed by atoms with van der Waals surface area (Å²) in [4.78, 5) is 12.4. The number of carbonyl (C=O) groups is 1. The highest BCUT2D eigenvalue weighted by molar-refractivity contribution is 9.11. The number of hydrogen-bond donors (Lipinski definition) is 1. The van der Waals surface area contributed by atoms with Gasteiger partial charge < -0.3 is 5.32 Å². The Balaban J connectivity index is 1.71. The van der Waals surface area contributed by atoms with E-state index in [1.165, 1.54) is 23.3 Å². The molecule has 1 aromatic heterocycles. The van der Waals surface area contributed by atoms with Crippen LogP contribution in [0.4, 0.5) is 5.69 Å². The van der Waals surface area contributed by atoms with Gasteiger partial charge in [-0.3, -0.25) is 4.79 Å². The summed E-state index contributed by atoms with van der Waals surface area (Å²) in [5, 5.41) is 7.25. The molecule has 0 bridgehead atoms. The Kier molecular flexibility index (Phi) is 6.50. The summed E-state index contributed by atoms with van der Waals surface area (Å²) in [6.45, 7) is 3.98. The molecule has 2 aromatic carbocycles. The highest BCUT2D eigenvalue weighted by Crippen LogP contribution is 2.37. The van der Waals surface area contributed by atoms with Crippen LogP contribution in [0.15, 0.2) is 49.6 Å². The lowest BCUT2D eigenvalue weighted by Gasteiger charge is -2.11. The Morgan fingerprint density at radius 2 is 1.92 bits per heavy atom. The molecule has 0 saturated heterocycles. The average Bonchev–Trinajstić information content (AvgIpc) is 3.05. The minimum absolute atomic E-state index is 0.0402. The van der Waals surface area contributed by atoms with Gasteiger partial charge in [-0.05, 0) is 48.6 Å². The SMILES string of the molecule is Cc1cccc(C)c1NC(=O)CSc1snnc1-c1ccc(Br)cc1Br. The van der Waals surface area contributed by atoms with E-state index in [9.17, 15) is 4.79 Å². The van der Waals surface area contributed by atoms with Crippen LogP contribution in [0.1, 0.15) is 11.1 Å². The van der Waals surface area contributed by atoms with Crippen LogP contribution in [-0.2, 0) is 4.79 Å². The monoisotopic (exact) mass is 511 g/mol. The second-order valence-electron chi connectivity index (χ2n) is 5.64. The third-order valence-electron chi connectivity index (χ3n) is 3.72. The lowest BCUT2D eigenvalue weighted by atomic mass is 10.1. The van der Waals surface area contributed by atoms with Crippen LogP contribution >= 0.6 is 55.2 Å². The van der Waals surface area contributed by atoms with E-state index >= 15 is 0 Å². The van der Waals surface area contributed by atoms with E-state index in [4.69, 9.17) is 0 Å². The molecule has 3 aromatic rings. The fraction of sp³-hybridized carbons (Fsp3) is 0.167. The fourth-order valence-corrected chi connectivity index (χ4v) is 5.22. The molecule has 3 rings (SSSR count). The van der Waals surface area contributed by atoms with Gasteiger partial charge in [-0.15, -0.1) is 16.9 Å². The normalized spacial score (nSPS) is 10.8. The van der Waals surface area contributed by atoms with Crippen LogP contribution in [-0.4, -0.2) is 21.2 Å². The zero-order chi connectivity index (χ0) is 18.7. The Hall–Kier alpha value is -1.22. The lowest BCUT2D eigenvalue weighted by molar-refractivity contribution is -0.113. The quantitative estimate of drug-likeness (QED) is 0.421. The number of nitrogens with one attached hydrogen (secondary N) is 1.